The molecule has 0 saturated carbocycles. The third-order valence-corrected chi connectivity index (χ3v) is 6.77. The highest BCUT2D eigenvalue weighted by molar-refractivity contribution is 7.89. The summed E-state index contributed by atoms with van der Waals surface area (Å²) in [5.41, 5.74) is 0.638. The zero-order chi connectivity index (χ0) is 23.4. The van der Waals surface area contributed by atoms with E-state index in [1.807, 2.05) is 62.4 Å². The number of benzene rings is 3. The molecule has 1 unspecified atom stereocenters. The van der Waals surface area contributed by atoms with E-state index in [2.05, 4.69) is 10.0 Å². The van der Waals surface area contributed by atoms with Crippen LogP contribution in [0.2, 0.25) is 0 Å². The summed E-state index contributed by atoms with van der Waals surface area (Å²) in [7, 11) is -3.72. The Kier molecular flexibility index (Phi) is 6.67. The molecule has 0 aliphatic heterocycles. The van der Waals surface area contributed by atoms with Crippen LogP contribution in [0, 0.1) is 0 Å². The van der Waals surface area contributed by atoms with Gasteiger partial charge in [-0.3, -0.25) is 4.79 Å². The highest BCUT2D eigenvalue weighted by Gasteiger charge is 2.18. The second-order valence-electron chi connectivity index (χ2n) is 7.70. The minimum absolute atomic E-state index is 0.00156. The maximum Gasteiger partial charge on any atom is 0.240 e. The van der Waals surface area contributed by atoms with E-state index >= 15 is 0 Å². The second kappa shape index (κ2) is 9.64. The van der Waals surface area contributed by atoms with Crippen LogP contribution >= 0.6 is 0 Å². The molecule has 0 saturated heterocycles. The molecule has 8 heteroatoms. The SMILES string of the molecule is CCOc1cccc2cc(C(C)NC(=O)CCNS(=O)(=O)c3ccc4ccccc4c3)oc12. The number of carbonyl (C=O) groups is 1. The van der Waals surface area contributed by atoms with Crippen molar-refractivity contribution in [1.82, 2.24) is 10.0 Å². The Bertz CT molecular complexity index is 1390. The first-order valence-corrected chi connectivity index (χ1v) is 12.3. The summed E-state index contributed by atoms with van der Waals surface area (Å²) >= 11 is 0. The maximum atomic E-state index is 12.6. The Morgan fingerprint density at radius 2 is 1.76 bits per heavy atom. The van der Waals surface area contributed by atoms with Gasteiger partial charge in [-0.15, -0.1) is 0 Å². The molecular weight excluding hydrogens is 440 g/mol. The van der Waals surface area contributed by atoms with Gasteiger partial charge in [-0.05, 0) is 48.9 Å². The number of carbonyl (C=O) groups excluding carboxylic acids is 1. The number of rotatable bonds is 9. The van der Waals surface area contributed by atoms with Gasteiger partial charge in [-0.25, -0.2) is 13.1 Å². The van der Waals surface area contributed by atoms with Crippen LogP contribution in [0.25, 0.3) is 21.7 Å². The van der Waals surface area contributed by atoms with E-state index < -0.39 is 10.0 Å². The molecule has 2 N–H and O–H groups in total. The molecule has 33 heavy (non-hydrogen) atoms. The van der Waals surface area contributed by atoms with Crippen LogP contribution in [0.3, 0.4) is 0 Å². The summed E-state index contributed by atoms with van der Waals surface area (Å²) in [6.07, 6.45) is 0.00156. The lowest BCUT2D eigenvalue weighted by molar-refractivity contribution is -0.121. The number of amides is 1. The van der Waals surface area contributed by atoms with Gasteiger partial charge in [-0.1, -0.05) is 42.5 Å². The predicted molar refractivity (Wildman–Crippen MR) is 128 cm³/mol. The first-order valence-electron chi connectivity index (χ1n) is 10.8. The molecular formula is C25H26N2O5S. The van der Waals surface area contributed by atoms with Crippen LogP contribution in [0.4, 0.5) is 0 Å². The fourth-order valence-electron chi connectivity index (χ4n) is 3.64. The Labute approximate surface area is 192 Å². The molecule has 7 nitrogen and oxygen atoms in total. The van der Waals surface area contributed by atoms with Gasteiger partial charge < -0.3 is 14.5 Å². The van der Waals surface area contributed by atoms with Crippen molar-refractivity contribution >= 4 is 37.7 Å². The molecule has 1 amide bonds. The first-order chi connectivity index (χ1) is 15.9. The molecule has 3 aromatic carbocycles. The second-order valence-corrected chi connectivity index (χ2v) is 9.47. The smallest absolute Gasteiger partial charge is 0.240 e. The van der Waals surface area contributed by atoms with Gasteiger partial charge in [0.1, 0.15) is 5.76 Å². The zero-order valence-electron chi connectivity index (χ0n) is 18.5. The molecule has 4 aromatic rings. The third-order valence-electron chi connectivity index (χ3n) is 5.31. The van der Waals surface area contributed by atoms with E-state index in [1.54, 1.807) is 18.2 Å². The van der Waals surface area contributed by atoms with Gasteiger partial charge in [-0.2, -0.15) is 0 Å². The summed E-state index contributed by atoms with van der Waals surface area (Å²) in [5, 5.41) is 5.54. The van der Waals surface area contributed by atoms with Crippen molar-refractivity contribution in [2.45, 2.75) is 31.2 Å². The van der Waals surface area contributed by atoms with Crippen molar-refractivity contribution in [3.05, 3.63) is 72.5 Å². The molecule has 0 aliphatic carbocycles. The Balaban J connectivity index is 1.35. The lowest BCUT2D eigenvalue weighted by Crippen LogP contribution is -2.32. The summed E-state index contributed by atoms with van der Waals surface area (Å²) in [6.45, 7) is 4.23. The number of fused-ring (bicyclic) bond motifs is 2. The van der Waals surface area contributed by atoms with Gasteiger partial charge >= 0.3 is 0 Å². The van der Waals surface area contributed by atoms with Gasteiger partial charge in [0, 0.05) is 18.4 Å². The average Bonchev–Trinajstić information content (AvgIpc) is 3.24. The molecule has 0 aliphatic rings. The largest absolute Gasteiger partial charge is 0.490 e. The predicted octanol–water partition coefficient (Wildman–Crippen LogP) is 4.53. The van der Waals surface area contributed by atoms with Crippen LogP contribution in [0.1, 0.15) is 32.1 Å². The lowest BCUT2D eigenvalue weighted by atomic mass is 10.1. The van der Waals surface area contributed by atoms with Crippen molar-refractivity contribution in [3.63, 3.8) is 0 Å². The van der Waals surface area contributed by atoms with Gasteiger partial charge in [0.25, 0.3) is 0 Å². The average molecular weight is 467 g/mol. The summed E-state index contributed by atoms with van der Waals surface area (Å²) < 4.78 is 39.2. The van der Waals surface area contributed by atoms with E-state index in [9.17, 15) is 13.2 Å². The fourth-order valence-corrected chi connectivity index (χ4v) is 4.71. The molecule has 0 fully saturated rings. The molecule has 0 spiro atoms. The maximum absolute atomic E-state index is 12.6. The fraction of sp³-hybridized carbons (Fsp3) is 0.240. The van der Waals surface area contributed by atoms with Crippen LogP contribution < -0.4 is 14.8 Å². The van der Waals surface area contributed by atoms with Crippen molar-refractivity contribution in [3.8, 4) is 5.75 Å². The summed E-state index contributed by atoms with van der Waals surface area (Å²) in [5.74, 6) is 0.972. The van der Waals surface area contributed by atoms with E-state index in [0.717, 1.165) is 16.2 Å². The Morgan fingerprint density at radius 3 is 2.55 bits per heavy atom. The molecule has 1 aromatic heterocycles. The van der Waals surface area contributed by atoms with E-state index in [4.69, 9.17) is 9.15 Å². The van der Waals surface area contributed by atoms with Crippen molar-refractivity contribution in [2.75, 3.05) is 13.2 Å². The highest BCUT2D eigenvalue weighted by atomic mass is 32.2. The van der Waals surface area contributed by atoms with Gasteiger partial charge in [0.2, 0.25) is 15.9 Å². The number of sulfonamides is 1. The van der Waals surface area contributed by atoms with E-state index in [-0.39, 0.29) is 29.8 Å². The van der Waals surface area contributed by atoms with E-state index in [0.29, 0.717) is 23.7 Å². The normalized spacial score (nSPS) is 12.7. The molecule has 172 valence electrons. The minimum atomic E-state index is -3.72. The van der Waals surface area contributed by atoms with Crippen molar-refractivity contribution in [1.29, 1.82) is 0 Å². The van der Waals surface area contributed by atoms with Crippen LogP contribution in [0.5, 0.6) is 5.75 Å². The topological polar surface area (TPSA) is 97.6 Å². The Morgan fingerprint density at radius 1 is 1.00 bits per heavy atom. The number of para-hydroxylation sites is 1. The standard InChI is InChI=1S/C25H26N2O5S/c1-3-31-22-10-6-9-20-16-23(32-25(20)22)17(2)27-24(28)13-14-26-33(29,30)21-12-11-18-7-4-5-8-19(18)15-21/h4-12,15-17,26H,3,13-14H2,1-2H3,(H,27,28). The van der Waals surface area contributed by atoms with Crippen molar-refractivity contribution in [2.24, 2.45) is 0 Å². The van der Waals surface area contributed by atoms with Crippen LogP contribution in [-0.4, -0.2) is 27.5 Å². The van der Waals surface area contributed by atoms with Gasteiger partial charge in [0.05, 0.1) is 17.5 Å². The molecule has 0 radical (unpaired) electrons. The summed E-state index contributed by atoms with van der Waals surface area (Å²) in [4.78, 5) is 12.6. The highest BCUT2D eigenvalue weighted by Crippen LogP contribution is 2.31. The third kappa shape index (κ3) is 5.18. The monoisotopic (exact) mass is 466 g/mol. The quantitative estimate of drug-likeness (QED) is 0.378. The number of nitrogens with one attached hydrogen (secondary N) is 2. The minimum Gasteiger partial charge on any atom is -0.490 e. The van der Waals surface area contributed by atoms with Crippen LogP contribution in [0.15, 0.2) is 76.0 Å². The number of hydrogen-bond donors (Lipinski definition) is 2. The molecule has 1 heterocycles. The molecule has 1 atom stereocenters. The van der Waals surface area contributed by atoms with Gasteiger partial charge in [0.15, 0.2) is 11.3 Å². The zero-order valence-corrected chi connectivity index (χ0v) is 19.3. The Hall–Kier alpha value is -3.36. The lowest BCUT2D eigenvalue weighted by Gasteiger charge is -2.12. The van der Waals surface area contributed by atoms with Crippen LogP contribution in [-0.2, 0) is 14.8 Å². The number of furan rings is 1. The summed E-state index contributed by atoms with van der Waals surface area (Å²) in [6, 6.07) is 19.6. The first kappa shape index (κ1) is 22.8. The van der Waals surface area contributed by atoms with Crippen molar-refractivity contribution < 1.29 is 22.4 Å². The number of hydrogen-bond acceptors (Lipinski definition) is 5. The molecule has 0 bridgehead atoms. The molecule has 4 rings (SSSR count). The number of ether oxygens (including phenoxy) is 1. The van der Waals surface area contributed by atoms with E-state index in [1.165, 1.54) is 0 Å².